The fraction of sp³-hybridized carbons (Fsp3) is 0.333. The summed E-state index contributed by atoms with van der Waals surface area (Å²) in [6.45, 7) is 6.17. The number of nitrogens with zero attached hydrogens (tertiary/aromatic N) is 1. The lowest BCUT2D eigenvalue weighted by molar-refractivity contribution is -0.115. The maximum absolute atomic E-state index is 11.7. The Morgan fingerprint density at radius 3 is 2.74 bits per heavy atom. The summed E-state index contributed by atoms with van der Waals surface area (Å²) in [4.78, 5) is 12.8. The topological polar surface area (TPSA) is 40.9 Å². The zero-order valence-electron chi connectivity index (χ0n) is 11.2. The van der Waals surface area contributed by atoms with Gasteiger partial charge < -0.3 is 0 Å². The third kappa shape index (κ3) is 3.65. The summed E-state index contributed by atoms with van der Waals surface area (Å²) in [5.74, 6) is 0.192. The van der Waals surface area contributed by atoms with Crippen molar-refractivity contribution in [3.8, 4) is 6.07 Å². The van der Waals surface area contributed by atoms with E-state index in [2.05, 4.69) is 19.9 Å². The van der Waals surface area contributed by atoms with Crippen LogP contribution in [0.15, 0.2) is 33.4 Å². The number of thioether (sulfide) groups is 2. The maximum atomic E-state index is 11.7. The van der Waals surface area contributed by atoms with E-state index in [0.29, 0.717) is 12.0 Å². The Labute approximate surface area is 122 Å². The molecule has 0 N–H and O–H groups in total. The number of carbonyl (C=O) groups is 1. The summed E-state index contributed by atoms with van der Waals surface area (Å²) in [6, 6.07) is 7.78. The van der Waals surface area contributed by atoms with E-state index in [1.54, 1.807) is 29.6 Å². The Morgan fingerprint density at radius 2 is 2.16 bits per heavy atom. The highest BCUT2D eigenvalue weighted by Gasteiger charge is 2.28. The van der Waals surface area contributed by atoms with Crippen LogP contribution in [0.5, 0.6) is 0 Å². The predicted molar refractivity (Wildman–Crippen MR) is 81.1 cm³/mol. The number of carbonyl (C=O) groups excluding carboxylic acids is 1. The highest BCUT2D eigenvalue weighted by Crippen LogP contribution is 2.46. The minimum Gasteiger partial charge on any atom is -0.295 e. The lowest BCUT2D eigenvalue weighted by Crippen LogP contribution is -2.22. The Bertz CT molecular complexity index is 597. The van der Waals surface area contributed by atoms with Crippen molar-refractivity contribution in [3.63, 3.8) is 0 Å². The standard InChI is InChI=1S/C15H15NOS2/c1-10-6-11(9-16)4-5-13(10)18-14-7-12(17)8-15(2,3)19-14/h4-7H,8H2,1-3H3. The van der Waals surface area contributed by atoms with Gasteiger partial charge in [-0.25, -0.2) is 0 Å². The molecule has 0 spiro atoms. The first-order valence-electron chi connectivity index (χ1n) is 6.02. The molecule has 1 aromatic carbocycles. The molecule has 0 amide bonds. The molecule has 1 aliphatic heterocycles. The molecule has 2 rings (SSSR count). The van der Waals surface area contributed by atoms with E-state index in [1.807, 2.05) is 25.1 Å². The van der Waals surface area contributed by atoms with Crippen molar-refractivity contribution < 1.29 is 4.79 Å². The van der Waals surface area contributed by atoms with E-state index in [0.717, 1.165) is 14.7 Å². The van der Waals surface area contributed by atoms with Crippen molar-refractivity contribution in [2.45, 2.75) is 36.8 Å². The molecule has 0 aliphatic carbocycles. The van der Waals surface area contributed by atoms with Gasteiger partial charge in [0, 0.05) is 26.4 Å². The zero-order valence-corrected chi connectivity index (χ0v) is 12.8. The molecule has 0 bridgehead atoms. The number of nitriles is 1. The van der Waals surface area contributed by atoms with E-state index in [9.17, 15) is 4.79 Å². The van der Waals surface area contributed by atoms with Crippen molar-refractivity contribution in [3.05, 3.63) is 39.6 Å². The SMILES string of the molecule is Cc1cc(C#N)ccc1SC1=CC(=O)CC(C)(C)S1. The molecular formula is C15H15NOS2. The van der Waals surface area contributed by atoms with Gasteiger partial charge in [-0.15, -0.1) is 11.8 Å². The molecule has 0 fully saturated rings. The lowest BCUT2D eigenvalue weighted by atomic mass is 10.1. The van der Waals surface area contributed by atoms with E-state index in [1.165, 1.54) is 0 Å². The minimum absolute atomic E-state index is 0.0331. The molecule has 0 unspecified atom stereocenters. The summed E-state index contributed by atoms with van der Waals surface area (Å²) < 4.78 is 1.00. The largest absolute Gasteiger partial charge is 0.295 e. The van der Waals surface area contributed by atoms with Crippen molar-refractivity contribution in [2.75, 3.05) is 0 Å². The van der Waals surface area contributed by atoms with Gasteiger partial charge in [-0.2, -0.15) is 5.26 Å². The van der Waals surface area contributed by atoms with Gasteiger partial charge in [-0.3, -0.25) is 4.79 Å². The van der Waals surface area contributed by atoms with Crippen LogP contribution in [0.1, 0.15) is 31.4 Å². The summed E-state index contributed by atoms with van der Waals surface area (Å²) >= 11 is 3.35. The zero-order chi connectivity index (χ0) is 14.0. The van der Waals surface area contributed by atoms with E-state index in [-0.39, 0.29) is 10.5 Å². The molecule has 0 aromatic heterocycles. The maximum Gasteiger partial charge on any atom is 0.158 e. The van der Waals surface area contributed by atoms with Crippen LogP contribution in [0.3, 0.4) is 0 Å². The first-order valence-corrected chi connectivity index (χ1v) is 7.65. The molecule has 1 aliphatic rings. The van der Waals surface area contributed by atoms with Crippen LogP contribution >= 0.6 is 23.5 Å². The van der Waals surface area contributed by atoms with Gasteiger partial charge in [0.1, 0.15) is 0 Å². The Kier molecular flexibility index (Phi) is 4.07. The number of aryl methyl sites for hydroxylation is 1. The van der Waals surface area contributed by atoms with E-state index < -0.39 is 0 Å². The number of rotatable bonds is 2. The summed E-state index contributed by atoms with van der Waals surface area (Å²) in [5, 5.41) is 8.86. The van der Waals surface area contributed by atoms with Gasteiger partial charge in [-0.1, -0.05) is 11.8 Å². The van der Waals surface area contributed by atoms with E-state index >= 15 is 0 Å². The molecule has 0 saturated heterocycles. The number of hydrogen-bond acceptors (Lipinski definition) is 4. The fourth-order valence-electron chi connectivity index (χ4n) is 1.93. The first-order chi connectivity index (χ1) is 8.89. The second-order valence-electron chi connectivity index (χ2n) is 5.16. The monoisotopic (exact) mass is 289 g/mol. The van der Waals surface area contributed by atoms with Gasteiger partial charge in [0.25, 0.3) is 0 Å². The van der Waals surface area contributed by atoms with Gasteiger partial charge in [-0.05, 0) is 44.5 Å². The van der Waals surface area contributed by atoms with Crippen LogP contribution in [-0.4, -0.2) is 10.5 Å². The number of hydrogen-bond donors (Lipinski definition) is 0. The third-order valence-electron chi connectivity index (χ3n) is 2.77. The fourth-order valence-corrected chi connectivity index (χ4v) is 4.76. The summed E-state index contributed by atoms with van der Waals surface area (Å²) in [5.41, 5.74) is 1.74. The van der Waals surface area contributed by atoms with Crippen molar-refractivity contribution in [1.29, 1.82) is 5.26 Å². The predicted octanol–water partition coefficient (Wildman–Crippen LogP) is 4.28. The second kappa shape index (κ2) is 5.44. The Morgan fingerprint density at radius 1 is 1.42 bits per heavy atom. The molecular weight excluding hydrogens is 274 g/mol. The molecule has 98 valence electrons. The summed E-state index contributed by atoms with van der Waals surface area (Å²) in [6.07, 6.45) is 2.33. The van der Waals surface area contributed by atoms with Crippen LogP contribution < -0.4 is 0 Å². The van der Waals surface area contributed by atoms with Crippen molar-refractivity contribution in [2.24, 2.45) is 0 Å². The second-order valence-corrected chi connectivity index (χ2v) is 8.25. The Balaban J connectivity index is 2.22. The first kappa shape index (κ1) is 14.2. The lowest BCUT2D eigenvalue weighted by Gasteiger charge is -2.27. The smallest absolute Gasteiger partial charge is 0.158 e. The average molecular weight is 289 g/mol. The van der Waals surface area contributed by atoms with Crippen LogP contribution in [0.4, 0.5) is 0 Å². The molecule has 1 aromatic rings. The number of allylic oxidation sites excluding steroid dienone is 1. The number of benzene rings is 1. The average Bonchev–Trinajstić information content (AvgIpc) is 2.29. The minimum atomic E-state index is -0.0331. The molecule has 1 heterocycles. The molecule has 2 nitrogen and oxygen atoms in total. The quantitative estimate of drug-likeness (QED) is 0.814. The highest BCUT2D eigenvalue weighted by atomic mass is 32.2. The number of ketones is 1. The molecule has 4 heteroatoms. The van der Waals surface area contributed by atoms with Gasteiger partial charge in [0.15, 0.2) is 5.78 Å². The molecule has 0 saturated carbocycles. The van der Waals surface area contributed by atoms with Crippen LogP contribution in [0, 0.1) is 18.3 Å². The molecule has 0 radical (unpaired) electrons. The third-order valence-corrected chi connectivity index (χ3v) is 5.28. The van der Waals surface area contributed by atoms with Gasteiger partial charge in [0.2, 0.25) is 0 Å². The van der Waals surface area contributed by atoms with Gasteiger partial charge >= 0.3 is 0 Å². The Hall–Kier alpha value is -1.18. The van der Waals surface area contributed by atoms with Crippen LogP contribution in [0.25, 0.3) is 0 Å². The van der Waals surface area contributed by atoms with Crippen LogP contribution in [0.2, 0.25) is 0 Å². The van der Waals surface area contributed by atoms with Crippen molar-refractivity contribution in [1.82, 2.24) is 0 Å². The van der Waals surface area contributed by atoms with Crippen LogP contribution in [-0.2, 0) is 4.79 Å². The molecule has 19 heavy (non-hydrogen) atoms. The van der Waals surface area contributed by atoms with Crippen molar-refractivity contribution >= 4 is 29.3 Å². The summed E-state index contributed by atoms with van der Waals surface area (Å²) in [7, 11) is 0. The highest BCUT2D eigenvalue weighted by molar-refractivity contribution is 8.23. The normalized spacial score (nSPS) is 17.8. The molecule has 0 atom stereocenters. The van der Waals surface area contributed by atoms with E-state index in [4.69, 9.17) is 5.26 Å². The van der Waals surface area contributed by atoms with Gasteiger partial charge in [0.05, 0.1) is 11.6 Å².